The monoisotopic (exact) mass is 263 g/mol. The van der Waals surface area contributed by atoms with Gasteiger partial charge in [0.15, 0.2) is 0 Å². The van der Waals surface area contributed by atoms with E-state index in [0.29, 0.717) is 12.0 Å². The first-order chi connectivity index (χ1) is 8.93. The summed E-state index contributed by atoms with van der Waals surface area (Å²) < 4.78 is 0. The lowest BCUT2D eigenvalue weighted by Gasteiger charge is -2.25. The van der Waals surface area contributed by atoms with E-state index in [2.05, 4.69) is 64.2 Å². The van der Waals surface area contributed by atoms with Crippen molar-refractivity contribution in [3.8, 4) is 0 Å². The Morgan fingerprint density at radius 3 is 2.05 bits per heavy atom. The van der Waals surface area contributed by atoms with E-state index in [1.165, 1.54) is 5.56 Å². The number of rotatable bonds is 7. The maximum atomic E-state index is 10.4. The molecule has 2 unspecified atom stereocenters. The molecule has 0 aliphatic rings. The van der Waals surface area contributed by atoms with E-state index in [1.54, 1.807) is 0 Å². The van der Waals surface area contributed by atoms with Crippen molar-refractivity contribution < 1.29 is 5.11 Å². The maximum Gasteiger partial charge on any atom is 0.0942 e. The summed E-state index contributed by atoms with van der Waals surface area (Å²) in [5, 5.41) is 13.9. The van der Waals surface area contributed by atoms with Gasteiger partial charge in [0.05, 0.1) is 6.10 Å². The molecule has 0 aliphatic heterocycles. The van der Waals surface area contributed by atoms with Crippen LogP contribution in [-0.2, 0) is 6.42 Å². The Hall–Kier alpha value is -0.860. The largest absolute Gasteiger partial charge is 0.387 e. The van der Waals surface area contributed by atoms with Crippen LogP contribution in [0.1, 0.15) is 58.3 Å². The first kappa shape index (κ1) is 16.2. The van der Waals surface area contributed by atoms with Crippen LogP contribution >= 0.6 is 0 Å². The molecule has 0 bridgehead atoms. The van der Waals surface area contributed by atoms with Gasteiger partial charge in [0.25, 0.3) is 0 Å². The molecular weight excluding hydrogens is 234 g/mol. The van der Waals surface area contributed by atoms with Gasteiger partial charge in [0.1, 0.15) is 0 Å². The van der Waals surface area contributed by atoms with Gasteiger partial charge < -0.3 is 10.4 Å². The van der Waals surface area contributed by atoms with E-state index in [0.717, 1.165) is 18.4 Å². The molecule has 0 amide bonds. The van der Waals surface area contributed by atoms with Gasteiger partial charge in [-0.05, 0) is 29.9 Å². The standard InChI is InChI=1S/C17H29NO/c1-6-16(18-13(4)5)17(19)15-9-7-14(8-10-15)11-12(2)3/h7-10,12-13,16-19H,6,11H2,1-5H3. The molecule has 1 rings (SSSR count). The summed E-state index contributed by atoms with van der Waals surface area (Å²) in [5.41, 5.74) is 2.35. The normalized spacial score (nSPS) is 14.9. The van der Waals surface area contributed by atoms with Crippen LogP contribution in [0.15, 0.2) is 24.3 Å². The molecule has 2 heteroatoms. The molecule has 0 fully saturated rings. The van der Waals surface area contributed by atoms with Gasteiger partial charge in [-0.3, -0.25) is 0 Å². The van der Waals surface area contributed by atoms with Gasteiger partial charge in [0, 0.05) is 12.1 Å². The number of aliphatic hydroxyl groups is 1. The molecule has 0 aliphatic carbocycles. The number of hydrogen-bond acceptors (Lipinski definition) is 2. The minimum Gasteiger partial charge on any atom is -0.387 e. The van der Waals surface area contributed by atoms with Crippen LogP contribution in [0.3, 0.4) is 0 Å². The maximum absolute atomic E-state index is 10.4. The summed E-state index contributed by atoms with van der Waals surface area (Å²) in [7, 11) is 0. The highest BCUT2D eigenvalue weighted by Gasteiger charge is 2.19. The van der Waals surface area contributed by atoms with Gasteiger partial charge in [0.2, 0.25) is 0 Å². The summed E-state index contributed by atoms with van der Waals surface area (Å²) >= 11 is 0. The lowest BCUT2D eigenvalue weighted by atomic mass is 9.96. The van der Waals surface area contributed by atoms with Crippen LogP contribution in [0.4, 0.5) is 0 Å². The van der Waals surface area contributed by atoms with Crippen LogP contribution in [-0.4, -0.2) is 17.2 Å². The lowest BCUT2D eigenvalue weighted by molar-refractivity contribution is 0.121. The summed E-state index contributed by atoms with van der Waals surface area (Å²) in [6.07, 6.45) is 1.59. The highest BCUT2D eigenvalue weighted by Crippen LogP contribution is 2.20. The van der Waals surface area contributed by atoms with Crippen LogP contribution in [0.5, 0.6) is 0 Å². The smallest absolute Gasteiger partial charge is 0.0942 e. The molecule has 0 heterocycles. The number of benzene rings is 1. The van der Waals surface area contributed by atoms with Crippen molar-refractivity contribution >= 4 is 0 Å². The Bertz CT molecular complexity index is 356. The van der Waals surface area contributed by atoms with Crippen LogP contribution in [0, 0.1) is 5.92 Å². The van der Waals surface area contributed by atoms with E-state index in [1.807, 2.05) is 0 Å². The third-order valence-corrected chi connectivity index (χ3v) is 3.33. The Morgan fingerprint density at radius 2 is 1.63 bits per heavy atom. The average Bonchev–Trinajstić information content (AvgIpc) is 2.35. The van der Waals surface area contributed by atoms with Gasteiger partial charge in [-0.2, -0.15) is 0 Å². The predicted molar refractivity (Wildman–Crippen MR) is 82.3 cm³/mol. The Kier molecular flexibility index (Phi) is 6.53. The molecule has 19 heavy (non-hydrogen) atoms. The molecule has 0 radical (unpaired) electrons. The minimum atomic E-state index is -0.430. The second-order valence-corrected chi connectivity index (χ2v) is 6.12. The fourth-order valence-corrected chi connectivity index (χ4v) is 2.42. The van der Waals surface area contributed by atoms with Crippen molar-refractivity contribution in [1.82, 2.24) is 5.32 Å². The number of nitrogens with one attached hydrogen (secondary N) is 1. The van der Waals surface area contributed by atoms with E-state index < -0.39 is 6.10 Å². The third kappa shape index (κ3) is 5.33. The minimum absolute atomic E-state index is 0.121. The highest BCUT2D eigenvalue weighted by molar-refractivity contribution is 5.25. The van der Waals surface area contributed by atoms with Crippen molar-refractivity contribution in [3.05, 3.63) is 35.4 Å². The Balaban J connectivity index is 2.72. The topological polar surface area (TPSA) is 32.3 Å². The van der Waals surface area contributed by atoms with Crippen molar-refractivity contribution in [2.45, 2.75) is 65.6 Å². The van der Waals surface area contributed by atoms with Crippen LogP contribution in [0.25, 0.3) is 0 Å². The Morgan fingerprint density at radius 1 is 1.05 bits per heavy atom. The Labute approximate surface area is 118 Å². The van der Waals surface area contributed by atoms with Gasteiger partial charge in [-0.1, -0.05) is 58.9 Å². The zero-order chi connectivity index (χ0) is 14.4. The molecule has 2 N–H and O–H groups in total. The lowest BCUT2D eigenvalue weighted by Crippen LogP contribution is -2.38. The summed E-state index contributed by atoms with van der Waals surface area (Å²) in [6.45, 7) is 10.8. The molecule has 0 spiro atoms. The van der Waals surface area contributed by atoms with Crippen molar-refractivity contribution in [1.29, 1.82) is 0 Å². The molecule has 0 saturated carbocycles. The molecule has 0 saturated heterocycles. The second kappa shape index (κ2) is 7.66. The summed E-state index contributed by atoms with van der Waals surface area (Å²) in [5.74, 6) is 0.668. The highest BCUT2D eigenvalue weighted by atomic mass is 16.3. The zero-order valence-corrected chi connectivity index (χ0v) is 13.0. The van der Waals surface area contributed by atoms with E-state index in [9.17, 15) is 5.11 Å². The van der Waals surface area contributed by atoms with Crippen molar-refractivity contribution in [2.24, 2.45) is 5.92 Å². The van der Waals surface area contributed by atoms with Gasteiger partial charge in [-0.25, -0.2) is 0 Å². The second-order valence-electron chi connectivity index (χ2n) is 6.12. The first-order valence-electron chi connectivity index (χ1n) is 7.47. The summed E-state index contributed by atoms with van der Waals surface area (Å²) in [6, 6.07) is 8.91. The van der Waals surface area contributed by atoms with E-state index in [4.69, 9.17) is 0 Å². The van der Waals surface area contributed by atoms with Crippen molar-refractivity contribution in [2.75, 3.05) is 0 Å². The fraction of sp³-hybridized carbons (Fsp3) is 0.647. The molecule has 2 nitrogen and oxygen atoms in total. The van der Waals surface area contributed by atoms with E-state index in [-0.39, 0.29) is 6.04 Å². The predicted octanol–water partition coefficient (Wildman–Crippen LogP) is 3.70. The molecule has 108 valence electrons. The first-order valence-corrected chi connectivity index (χ1v) is 7.47. The molecular formula is C17H29NO. The quantitative estimate of drug-likeness (QED) is 0.786. The average molecular weight is 263 g/mol. The number of aliphatic hydroxyl groups excluding tert-OH is 1. The number of hydrogen-bond donors (Lipinski definition) is 2. The molecule has 2 atom stereocenters. The van der Waals surface area contributed by atoms with E-state index >= 15 is 0 Å². The third-order valence-electron chi connectivity index (χ3n) is 3.33. The van der Waals surface area contributed by atoms with Crippen molar-refractivity contribution in [3.63, 3.8) is 0 Å². The molecule has 0 aromatic heterocycles. The molecule has 1 aromatic rings. The fourth-order valence-electron chi connectivity index (χ4n) is 2.42. The van der Waals surface area contributed by atoms with Gasteiger partial charge >= 0.3 is 0 Å². The van der Waals surface area contributed by atoms with Crippen LogP contribution in [0.2, 0.25) is 0 Å². The summed E-state index contributed by atoms with van der Waals surface area (Å²) in [4.78, 5) is 0. The van der Waals surface area contributed by atoms with Gasteiger partial charge in [-0.15, -0.1) is 0 Å². The van der Waals surface area contributed by atoms with Crippen LogP contribution < -0.4 is 5.32 Å². The molecule has 1 aromatic carbocycles. The SMILES string of the molecule is CCC(NC(C)C)C(O)c1ccc(CC(C)C)cc1. The zero-order valence-electron chi connectivity index (χ0n) is 13.0.